The topological polar surface area (TPSA) is 102 Å². The van der Waals surface area contributed by atoms with Crippen LogP contribution in [0.3, 0.4) is 0 Å². The molecule has 0 amide bonds. The van der Waals surface area contributed by atoms with Crippen molar-refractivity contribution in [2.24, 2.45) is 4.99 Å². The molecule has 27 heavy (non-hydrogen) atoms. The molecule has 0 unspecified atom stereocenters. The monoisotopic (exact) mass is 382 g/mol. The molecule has 7 nitrogen and oxygen atoms in total. The molecule has 0 bridgehead atoms. The summed E-state index contributed by atoms with van der Waals surface area (Å²) in [5.74, 6) is -0.981. The predicted octanol–water partition coefficient (Wildman–Crippen LogP) is 4.40. The minimum Gasteiger partial charge on any atom is -0.506 e. The Kier molecular flexibility index (Phi) is 5.37. The maximum Gasteiger partial charge on any atom is 0.344 e. The highest BCUT2D eigenvalue weighted by Gasteiger charge is 2.33. The van der Waals surface area contributed by atoms with Gasteiger partial charge in [0.2, 0.25) is 0 Å². The van der Waals surface area contributed by atoms with Gasteiger partial charge in [0.05, 0.1) is 22.6 Å². The summed E-state index contributed by atoms with van der Waals surface area (Å²) in [6.45, 7) is 0. The molecular formula is C19H14N2O5S. The molecule has 1 heterocycles. The number of carbonyl (C=O) groups excluding carboxylic acids is 1. The van der Waals surface area contributed by atoms with Crippen LogP contribution in [0.25, 0.3) is 6.08 Å². The summed E-state index contributed by atoms with van der Waals surface area (Å²) in [6.07, 6.45) is 1.56. The average Bonchev–Trinajstić information content (AvgIpc) is 2.97. The number of nitro benzene ring substituents is 1. The largest absolute Gasteiger partial charge is 0.506 e. The van der Waals surface area contributed by atoms with Crippen molar-refractivity contribution in [2.75, 3.05) is 7.11 Å². The number of rotatable bonds is 4. The number of aliphatic hydroxyl groups excluding tert-OH is 1. The minimum atomic E-state index is -0.711. The zero-order chi connectivity index (χ0) is 19.4. The normalized spacial score (nSPS) is 16.8. The number of esters is 1. The summed E-state index contributed by atoms with van der Waals surface area (Å²) in [7, 11) is 1.22. The fraction of sp³-hybridized carbons (Fsp3) is 0.0526. The Morgan fingerprint density at radius 2 is 1.96 bits per heavy atom. The van der Waals surface area contributed by atoms with Crippen molar-refractivity contribution in [1.29, 1.82) is 0 Å². The molecule has 2 aromatic rings. The highest BCUT2D eigenvalue weighted by atomic mass is 32.2. The lowest BCUT2D eigenvalue weighted by Crippen LogP contribution is -2.10. The Hall–Kier alpha value is -3.39. The van der Waals surface area contributed by atoms with E-state index in [-0.39, 0.29) is 17.0 Å². The van der Waals surface area contributed by atoms with Crippen LogP contribution in [0, 0.1) is 10.1 Å². The number of hydrogen-bond acceptors (Lipinski definition) is 7. The van der Waals surface area contributed by atoms with Crippen molar-refractivity contribution < 1.29 is 19.6 Å². The number of benzene rings is 2. The zero-order valence-corrected chi connectivity index (χ0v) is 15.0. The minimum absolute atomic E-state index is 0.0389. The van der Waals surface area contributed by atoms with Gasteiger partial charge in [-0.05, 0) is 23.8 Å². The third-order valence-electron chi connectivity index (χ3n) is 3.65. The van der Waals surface area contributed by atoms with E-state index in [2.05, 4.69) is 4.99 Å². The highest BCUT2D eigenvalue weighted by molar-refractivity contribution is 8.18. The molecule has 0 fully saturated rings. The van der Waals surface area contributed by atoms with Crippen LogP contribution in [0.2, 0.25) is 0 Å². The SMILES string of the molecule is COC(=O)C1=C(O)/C(=C\c2cccc([N+](=O)[O-])c2)SC1=Nc1ccccc1. The van der Waals surface area contributed by atoms with Crippen LogP contribution < -0.4 is 0 Å². The van der Waals surface area contributed by atoms with Gasteiger partial charge >= 0.3 is 5.97 Å². The lowest BCUT2D eigenvalue weighted by Gasteiger charge is -2.01. The van der Waals surface area contributed by atoms with Gasteiger partial charge in [-0.25, -0.2) is 9.79 Å². The standard InChI is InChI=1S/C19H14N2O5S/c1-26-19(23)16-17(22)15(11-12-6-5-9-14(10-12)21(24)25)27-18(16)20-13-7-3-2-4-8-13/h2-11,22H,1H3/b15-11+,20-18?. The number of non-ortho nitro benzene ring substituents is 1. The van der Waals surface area contributed by atoms with Gasteiger partial charge in [0, 0.05) is 12.1 Å². The van der Waals surface area contributed by atoms with E-state index < -0.39 is 10.9 Å². The molecule has 0 spiro atoms. The molecule has 0 aliphatic carbocycles. The van der Waals surface area contributed by atoms with Crippen LogP contribution in [-0.2, 0) is 9.53 Å². The van der Waals surface area contributed by atoms with E-state index in [1.807, 2.05) is 6.07 Å². The van der Waals surface area contributed by atoms with E-state index in [1.165, 1.54) is 19.2 Å². The lowest BCUT2D eigenvalue weighted by atomic mass is 10.1. The Morgan fingerprint density at radius 3 is 2.63 bits per heavy atom. The van der Waals surface area contributed by atoms with Crippen molar-refractivity contribution in [1.82, 2.24) is 0 Å². The van der Waals surface area contributed by atoms with Crippen molar-refractivity contribution in [2.45, 2.75) is 0 Å². The number of hydrogen-bond donors (Lipinski definition) is 1. The quantitative estimate of drug-likeness (QED) is 0.478. The lowest BCUT2D eigenvalue weighted by molar-refractivity contribution is -0.384. The molecule has 0 saturated heterocycles. The second kappa shape index (κ2) is 7.88. The van der Waals surface area contributed by atoms with Crippen LogP contribution >= 0.6 is 11.8 Å². The molecule has 2 aromatic carbocycles. The third kappa shape index (κ3) is 4.06. The van der Waals surface area contributed by atoms with Gasteiger partial charge in [-0.1, -0.05) is 42.1 Å². The summed E-state index contributed by atoms with van der Waals surface area (Å²) < 4.78 is 4.75. The summed E-state index contributed by atoms with van der Waals surface area (Å²) in [5, 5.41) is 21.7. The van der Waals surface area contributed by atoms with Gasteiger partial charge in [0.25, 0.3) is 5.69 Å². The predicted molar refractivity (Wildman–Crippen MR) is 104 cm³/mol. The molecule has 0 radical (unpaired) electrons. The van der Waals surface area contributed by atoms with Crippen molar-refractivity contribution in [3.63, 3.8) is 0 Å². The molecule has 0 atom stereocenters. The third-order valence-corrected chi connectivity index (χ3v) is 4.67. The van der Waals surface area contributed by atoms with Gasteiger partial charge in [-0.3, -0.25) is 10.1 Å². The molecular weight excluding hydrogens is 368 g/mol. The van der Waals surface area contributed by atoms with Crippen LogP contribution in [0.4, 0.5) is 11.4 Å². The first kappa shape index (κ1) is 18.4. The zero-order valence-electron chi connectivity index (χ0n) is 14.2. The van der Waals surface area contributed by atoms with Crippen molar-refractivity contribution in [3.8, 4) is 0 Å². The second-order valence-electron chi connectivity index (χ2n) is 5.43. The van der Waals surface area contributed by atoms with E-state index >= 15 is 0 Å². The fourth-order valence-corrected chi connectivity index (χ4v) is 3.43. The van der Waals surface area contributed by atoms with Crippen LogP contribution in [-0.4, -0.2) is 28.2 Å². The molecule has 1 aliphatic rings. The smallest absolute Gasteiger partial charge is 0.344 e. The van der Waals surface area contributed by atoms with E-state index in [0.717, 1.165) is 11.8 Å². The Labute approximate surface area is 158 Å². The Bertz CT molecular complexity index is 996. The maximum atomic E-state index is 12.1. The first-order valence-electron chi connectivity index (χ1n) is 7.79. The highest BCUT2D eigenvalue weighted by Crippen LogP contribution is 2.40. The van der Waals surface area contributed by atoms with Crippen molar-refractivity contribution >= 4 is 40.2 Å². The number of nitrogens with zero attached hydrogens (tertiary/aromatic N) is 2. The van der Waals surface area contributed by atoms with Gasteiger partial charge in [-0.2, -0.15) is 0 Å². The summed E-state index contributed by atoms with van der Waals surface area (Å²) in [4.78, 5) is 27.3. The Balaban J connectivity index is 2.04. The number of methoxy groups -OCH3 is 1. The number of para-hydroxylation sites is 1. The first-order chi connectivity index (χ1) is 13.0. The summed E-state index contributed by atoms with van der Waals surface area (Å²) in [6, 6.07) is 15.0. The number of ether oxygens (including phenoxy) is 1. The van der Waals surface area contributed by atoms with Crippen LogP contribution in [0.15, 0.2) is 75.8 Å². The molecule has 136 valence electrons. The van der Waals surface area contributed by atoms with E-state index in [0.29, 0.717) is 21.2 Å². The number of carbonyl (C=O) groups is 1. The van der Waals surface area contributed by atoms with E-state index in [4.69, 9.17) is 4.74 Å². The van der Waals surface area contributed by atoms with Gasteiger partial charge in [-0.15, -0.1) is 0 Å². The summed E-state index contributed by atoms with van der Waals surface area (Å²) in [5.41, 5.74) is 1.03. The van der Waals surface area contributed by atoms with Crippen molar-refractivity contribution in [3.05, 3.63) is 86.5 Å². The number of aliphatic imine (C=N–C) groups is 1. The van der Waals surface area contributed by atoms with Gasteiger partial charge < -0.3 is 9.84 Å². The molecule has 1 N–H and O–H groups in total. The van der Waals surface area contributed by atoms with Gasteiger partial charge in [0.1, 0.15) is 16.4 Å². The molecule has 8 heteroatoms. The molecule has 0 saturated carbocycles. The van der Waals surface area contributed by atoms with Crippen LogP contribution in [0.5, 0.6) is 0 Å². The average molecular weight is 382 g/mol. The Morgan fingerprint density at radius 1 is 1.22 bits per heavy atom. The number of thioether (sulfide) groups is 1. The maximum absolute atomic E-state index is 12.1. The number of aliphatic hydroxyl groups is 1. The fourth-order valence-electron chi connectivity index (χ4n) is 2.39. The molecule has 0 aromatic heterocycles. The summed E-state index contributed by atoms with van der Waals surface area (Å²) >= 11 is 1.09. The molecule has 1 aliphatic heterocycles. The van der Waals surface area contributed by atoms with E-state index in [1.54, 1.807) is 42.5 Å². The number of nitro groups is 1. The van der Waals surface area contributed by atoms with Crippen LogP contribution in [0.1, 0.15) is 5.56 Å². The van der Waals surface area contributed by atoms with E-state index in [9.17, 15) is 20.0 Å². The second-order valence-corrected chi connectivity index (χ2v) is 6.46. The first-order valence-corrected chi connectivity index (χ1v) is 8.61. The molecule has 3 rings (SSSR count). The van der Waals surface area contributed by atoms with Gasteiger partial charge in [0.15, 0.2) is 0 Å².